The minimum Gasteiger partial charge on any atom is -0.508 e. The fourth-order valence-electron chi connectivity index (χ4n) is 1.12. The van der Waals surface area contributed by atoms with Gasteiger partial charge in [0.1, 0.15) is 10.8 Å². The number of benzene rings is 1. The summed E-state index contributed by atoms with van der Waals surface area (Å²) >= 11 is 1.17. The summed E-state index contributed by atoms with van der Waals surface area (Å²) in [5.41, 5.74) is 0.556. The molecule has 1 aromatic carbocycles. The second kappa shape index (κ2) is 6.05. The van der Waals surface area contributed by atoms with Crippen LogP contribution in [0, 0.1) is 5.41 Å². The van der Waals surface area contributed by atoms with Crippen LogP contribution in [0.3, 0.4) is 0 Å². The summed E-state index contributed by atoms with van der Waals surface area (Å²) in [5.74, 6) is 0.0609. The quantitative estimate of drug-likeness (QED) is 0.625. The van der Waals surface area contributed by atoms with Gasteiger partial charge in [-0.3, -0.25) is 5.41 Å². The number of thioether (sulfide) groups is 1. The predicted molar refractivity (Wildman–Crippen MR) is 68.3 cm³/mol. The lowest BCUT2D eigenvalue weighted by molar-refractivity contribution is 0.183. The second-order valence-corrected chi connectivity index (χ2v) is 3.81. The SMILES string of the molecule is COC(=O)N=C(SC)C(=N)c1cccc(O)c1. The molecule has 1 aromatic rings. The maximum absolute atomic E-state index is 11.0. The molecule has 2 N–H and O–H groups in total. The van der Waals surface area contributed by atoms with E-state index in [0.717, 1.165) is 0 Å². The van der Waals surface area contributed by atoms with Crippen molar-refractivity contribution in [3.05, 3.63) is 29.8 Å². The van der Waals surface area contributed by atoms with E-state index in [-0.39, 0.29) is 16.5 Å². The smallest absolute Gasteiger partial charge is 0.434 e. The van der Waals surface area contributed by atoms with E-state index < -0.39 is 6.09 Å². The van der Waals surface area contributed by atoms with Crippen molar-refractivity contribution >= 4 is 28.6 Å². The lowest BCUT2D eigenvalue weighted by Gasteiger charge is -2.05. The van der Waals surface area contributed by atoms with E-state index in [2.05, 4.69) is 9.73 Å². The molecule has 0 radical (unpaired) electrons. The second-order valence-electron chi connectivity index (χ2n) is 3.02. The monoisotopic (exact) mass is 252 g/mol. The highest BCUT2D eigenvalue weighted by Gasteiger charge is 2.11. The summed E-state index contributed by atoms with van der Waals surface area (Å²) in [6, 6.07) is 6.22. The average molecular weight is 252 g/mol. The van der Waals surface area contributed by atoms with Gasteiger partial charge in [0.25, 0.3) is 0 Å². The first kappa shape index (κ1) is 13.2. The number of carbonyl (C=O) groups excluding carboxylic acids is 1. The van der Waals surface area contributed by atoms with Gasteiger partial charge in [0.15, 0.2) is 0 Å². The molecule has 0 bridgehead atoms. The van der Waals surface area contributed by atoms with E-state index in [1.807, 2.05) is 0 Å². The van der Waals surface area contributed by atoms with Gasteiger partial charge in [0.05, 0.1) is 12.8 Å². The molecule has 6 heteroatoms. The standard InChI is InChI=1S/C11H12N2O3S/c1-16-11(15)13-10(17-2)9(12)7-4-3-5-8(14)6-7/h3-6,12,14H,1-2H3. The van der Waals surface area contributed by atoms with Gasteiger partial charge in [-0.15, -0.1) is 11.8 Å². The third-order valence-electron chi connectivity index (χ3n) is 1.91. The highest BCUT2D eigenvalue weighted by molar-refractivity contribution is 8.15. The average Bonchev–Trinajstić information content (AvgIpc) is 2.34. The van der Waals surface area contributed by atoms with Crippen molar-refractivity contribution in [1.29, 1.82) is 5.41 Å². The Balaban J connectivity index is 3.02. The van der Waals surface area contributed by atoms with E-state index in [1.165, 1.54) is 31.0 Å². The van der Waals surface area contributed by atoms with E-state index in [4.69, 9.17) is 5.41 Å². The molecular weight excluding hydrogens is 240 g/mol. The van der Waals surface area contributed by atoms with Crippen molar-refractivity contribution in [3.8, 4) is 5.75 Å². The van der Waals surface area contributed by atoms with Crippen LogP contribution in [0.25, 0.3) is 0 Å². The van der Waals surface area contributed by atoms with Crippen LogP contribution in [0.5, 0.6) is 5.75 Å². The van der Waals surface area contributed by atoms with Gasteiger partial charge < -0.3 is 9.84 Å². The van der Waals surface area contributed by atoms with Crippen molar-refractivity contribution in [2.75, 3.05) is 13.4 Å². The lowest BCUT2D eigenvalue weighted by atomic mass is 10.1. The molecule has 0 fully saturated rings. The molecular formula is C11H12N2O3S. The number of hydrogen-bond acceptors (Lipinski definition) is 5. The van der Waals surface area contributed by atoms with Crippen LogP contribution in [0.15, 0.2) is 29.3 Å². The molecule has 0 unspecified atom stereocenters. The van der Waals surface area contributed by atoms with Gasteiger partial charge in [-0.1, -0.05) is 12.1 Å². The Bertz CT molecular complexity index is 472. The number of phenolic OH excluding ortho intramolecular Hbond substituents is 1. The van der Waals surface area contributed by atoms with Gasteiger partial charge >= 0.3 is 6.09 Å². The number of amides is 1. The Kier molecular flexibility index (Phi) is 4.71. The number of rotatable bonds is 2. The molecule has 0 aliphatic rings. The summed E-state index contributed by atoms with van der Waals surface area (Å²) in [7, 11) is 1.22. The van der Waals surface area contributed by atoms with Crippen LogP contribution in [0.1, 0.15) is 5.56 Å². The molecule has 90 valence electrons. The van der Waals surface area contributed by atoms with Gasteiger partial charge in [0.2, 0.25) is 0 Å². The third-order valence-corrected chi connectivity index (χ3v) is 2.59. The van der Waals surface area contributed by atoms with Crippen molar-refractivity contribution in [2.24, 2.45) is 4.99 Å². The normalized spacial score (nSPS) is 11.1. The summed E-state index contributed by atoms with van der Waals surface area (Å²) in [4.78, 5) is 14.6. The molecule has 17 heavy (non-hydrogen) atoms. The van der Waals surface area contributed by atoms with Crippen LogP contribution < -0.4 is 0 Å². The van der Waals surface area contributed by atoms with Crippen molar-refractivity contribution in [1.82, 2.24) is 0 Å². The Morgan fingerprint density at radius 3 is 2.76 bits per heavy atom. The Morgan fingerprint density at radius 1 is 1.53 bits per heavy atom. The number of hydrogen-bond donors (Lipinski definition) is 2. The van der Waals surface area contributed by atoms with E-state index in [0.29, 0.717) is 5.56 Å². The molecule has 0 atom stereocenters. The number of aliphatic imine (C=N–C) groups is 1. The maximum Gasteiger partial charge on any atom is 0.434 e. The van der Waals surface area contributed by atoms with Crippen LogP contribution >= 0.6 is 11.8 Å². The zero-order valence-corrected chi connectivity index (χ0v) is 10.2. The van der Waals surface area contributed by atoms with Crippen LogP contribution in [-0.2, 0) is 4.74 Å². The molecule has 1 amide bonds. The molecule has 0 aliphatic heterocycles. The van der Waals surface area contributed by atoms with Crippen LogP contribution in [0.2, 0.25) is 0 Å². The molecule has 0 heterocycles. The zero-order valence-electron chi connectivity index (χ0n) is 9.43. The molecule has 0 saturated carbocycles. The van der Waals surface area contributed by atoms with Crippen molar-refractivity contribution < 1.29 is 14.6 Å². The van der Waals surface area contributed by atoms with Crippen LogP contribution in [0.4, 0.5) is 4.79 Å². The zero-order chi connectivity index (χ0) is 12.8. The first-order chi connectivity index (χ1) is 8.08. The maximum atomic E-state index is 11.0. The van der Waals surface area contributed by atoms with Crippen molar-refractivity contribution in [3.63, 3.8) is 0 Å². The van der Waals surface area contributed by atoms with E-state index in [1.54, 1.807) is 18.4 Å². The van der Waals surface area contributed by atoms with Gasteiger partial charge in [-0.25, -0.2) is 4.79 Å². The first-order valence-corrected chi connectivity index (χ1v) is 5.90. The van der Waals surface area contributed by atoms with Gasteiger partial charge in [-0.05, 0) is 18.4 Å². The molecule has 0 aliphatic carbocycles. The molecule has 0 aromatic heterocycles. The minimum absolute atomic E-state index is 0.0609. The van der Waals surface area contributed by atoms with Crippen LogP contribution in [-0.4, -0.2) is 35.3 Å². The Hall–Kier alpha value is -1.82. The van der Waals surface area contributed by atoms with Gasteiger partial charge in [-0.2, -0.15) is 4.99 Å². The summed E-state index contributed by atoms with van der Waals surface area (Å²) in [6.07, 6.45) is 0.957. The predicted octanol–water partition coefficient (Wildman–Crippen LogP) is 2.29. The minimum atomic E-state index is -0.751. The summed E-state index contributed by atoms with van der Waals surface area (Å²) < 4.78 is 4.41. The van der Waals surface area contributed by atoms with Gasteiger partial charge in [0, 0.05) is 5.56 Å². The Morgan fingerprint density at radius 2 is 2.24 bits per heavy atom. The number of nitrogens with one attached hydrogen (secondary N) is 1. The molecule has 5 nitrogen and oxygen atoms in total. The fraction of sp³-hybridized carbons (Fsp3) is 0.182. The lowest BCUT2D eigenvalue weighted by Crippen LogP contribution is -2.12. The number of nitrogens with zero attached hydrogens (tertiary/aromatic N) is 1. The first-order valence-electron chi connectivity index (χ1n) is 4.67. The Labute approximate surface area is 103 Å². The molecule has 0 saturated heterocycles. The summed E-state index contributed by atoms with van der Waals surface area (Å²) in [5, 5.41) is 17.4. The third kappa shape index (κ3) is 3.60. The molecule has 0 spiro atoms. The number of methoxy groups -OCH3 is 1. The fourth-order valence-corrected chi connectivity index (χ4v) is 1.60. The topological polar surface area (TPSA) is 82.7 Å². The summed E-state index contributed by atoms with van der Waals surface area (Å²) in [6.45, 7) is 0. The van der Waals surface area contributed by atoms with Crippen molar-refractivity contribution in [2.45, 2.75) is 0 Å². The molecule has 1 rings (SSSR count). The number of carbonyl (C=O) groups is 1. The number of phenols is 1. The number of ether oxygens (including phenoxy) is 1. The highest BCUT2D eigenvalue weighted by Crippen LogP contribution is 2.14. The van der Waals surface area contributed by atoms with E-state index in [9.17, 15) is 9.90 Å². The number of aromatic hydroxyl groups is 1. The van der Waals surface area contributed by atoms with E-state index >= 15 is 0 Å². The largest absolute Gasteiger partial charge is 0.508 e. The highest BCUT2D eigenvalue weighted by atomic mass is 32.2.